The summed E-state index contributed by atoms with van der Waals surface area (Å²) in [6.07, 6.45) is 4.82. The third-order valence-corrected chi connectivity index (χ3v) is 3.28. The lowest BCUT2D eigenvalue weighted by molar-refractivity contribution is 1.02. The van der Waals surface area contributed by atoms with E-state index < -0.39 is 0 Å². The van der Waals surface area contributed by atoms with Crippen LogP contribution < -0.4 is 4.90 Å². The van der Waals surface area contributed by atoms with Gasteiger partial charge in [0.15, 0.2) is 0 Å². The molecule has 3 rings (SSSR count). The zero-order valence-corrected chi connectivity index (χ0v) is 9.57. The fourth-order valence-electron chi connectivity index (χ4n) is 2.55. The van der Waals surface area contributed by atoms with Gasteiger partial charge in [0, 0.05) is 37.2 Å². The summed E-state index contributed by atoms with van der Waals surface area (Å²) in [5.74, 6) is 0. The lowest BCUT2D eigenvalue weighted by Gasteiger charge is -2.31. The molecule has 1 aliphatic heterocycles. The first-order valence-corrected chi connectivity index (χ1v) is 5.52. The van der Waals surface area contributed by atoms with Gasteiger partial charge in [-0.1, -0.05) is 18.2 Å². The van der Waals surface area contributed by atoms with E-state index in [1.807, 2.05) is 12.4 Å². The number of benzene rings is 1. The van der Waals surface area contributed by atoms with Gasteiger partial charge in [-0.2, -0.15) is 0 Å². The Morgan fingerprint density at radius 2 is 2.06 bits per heavy atom. The van der Waals surface area contributed by atoms with Crippen LogP contribution in [0, 0.1) is 6.92 Å². The summed E-state index contributed by atoms with van der Waals surface area (Å²) in [5, 5.41) is 0. The summed E-state index contributed by atoms with van der Waals surface area (Å²) >= 11 is 0. The van der Waals surface area contributed by atoms with Crippen molar-refractivity contribution in [2.75, 3.05) is 11.9 Å². The zero-order valence-electron chi connectivity index (χ0n) is 9.57. The molecule has 2 nitrogen and oxygen atoms in total. The third kappa shape index (κ3) is 1.23. The van der Waals surface area contributed by atoms with E-state index in [0.717, 1.165) is 6.42 Å². The highest BCUT2D eigenvalue weighted by molar-refractivity contribution is 5.75. The SMILES string of the molecule is Cc1cccc2c1N(C)c1ccncc1C2. The van der Waals surface area contributed by atoms with Crippen molar-refractivity contribution in [3.05, 3.63) is 53.3 Å². The maximum absolute atomic E-state index is 4.20. The van der Waals surface area contributed by atoms with E-state index in [1.54, 1.807) is 0 Å². The Morgan fingerprint density at radius 3 is 2.94 bits per heavy atom. The van der Waals surface area contributed by atoms with Crippen LogP contribution in [0.3, 0.4) is 0 Å². The Hall–Kier alpha value is -1.83. The van der Waals surface area contributed by atoms with Crippen molar-refractivity contribution in [2.45, 2.75) is 13.3 Å². The average Bonchev–Trinajstić information content (AvgIpc) is 2.29. The molecule has 0 spiro atoms. The van der Waals surface area contributed by atoms with Gasteiger partial charge in [-0.05, 0) is 29.7 Å². The second-order valence-corrected chi connectivity index (χ2v) is 4.32. The molecule has 0 unspecified atom stereocenters. The molecule has 2 aromatic rings. The third-order valence-electron chi connectivity index (χ3n) is 3.28. The van der Waals surface area contributed by atoms with Crippen LogP contribution >= 0.6 is 0 Å². The predicted octanol–water partition coefficient (Wildman–Crippen LogP) is 3.06. The minimum Gasteiger partial charge on any atom is -0.344 e. The van der Waals surface area contributed by atoms with Gasteiger partial charge in [-0.15, -0.1) is 0 Å². The topological polar surface area (TPSA) is 16.1 Å². The van der Waals surface area contributed by atoms with Crippen LogP contribution in [0.4, 0.5) is 11.4 Å². The first-order chi connectivity index (χ1) is 7.77. The van der Waals surface area contributed by atoms with Crippen molar-refractivity contribution in [1.82, 2.24) is 4.98 Å². The highest BCUT2D eigenvalue weighted by Gasteiger charge is 2.20. The van der Waals surface area contributed by atoms with Crippen molar-refractivity contribution >= 4 is 11.4 Å². The molecular formula is C14H14N2. The minimum atomic E-state index is 0.991. The molecule has 0 saturated heterocycles. The number of para-hydroxylation sites is 1. The van der Waals surface area contributed by atoms with Crippen LogP contribution in [-0.4, -0.2) is 12.0 Å². The number of nitrogens with zero attached hydrogens (tertiary/aromatic N) is 2. The van der Waals surface area contributed by atoms with E-state index in [1.165, 1.54) is 28.1 Å². The number of rotatable bonds is 0. The monoisotopic (exact) mass is 210 g/mol. The Bertz CT molecular complexity index is 546. The van der Waals surface area contributed by atoms with Crippen LogP contribution in [-0.2, 0) is 6.42 Å². The summed E-state index contributed by atoms with van der Waals surface area (Å²) in [4.78, 5) is 6.47. The lowest BCUT2D eigenvalue weighted by atomic mass is 9.95. The van der Waals surface area contributed by atoms with Crippen molar-refractivity contribution in [3.8, 4) is 0 Å². The minimum absolute atomic E-state index is 0.991. The molecule has 0 fully saturated rings. The number of pyridine rings is 1. The summed E-state index contributed by atoms with van der Waals surface area (Å²) < 4.78 is 0. The van der Waals surface area contributed by atoms with Crippen molar-refractivity contribution in [2.24, 2.45) is 0 Å². The molecule has 80 valence electrons. The molecule has 1 aromatic carbocycles. The molecule has 1 aromatic heterocycles. The molecule has 0 amide bonds. The maximum atomic E-state index is 4.20. The summed E-state index contributed by atoms with van der Waals surface area (Å²) in [7, 11) is 2.13. The van der Waals surface area contributed by atoms with E-state index in [2.05, 4.69) is 48.1 Å². The number of fused-ring (bicyclic) bond motifs is 2. The Kier molecular flexibility index (Phi) is 1.96. The zero-order chi connectivity index (χ0) is 11.1. The first kappa shape index (κ1) is 9.40. The van der Waals surface area contributed by atoms with Gasteiger partial charge in [0.25, 0.3) is 0 Å². The molecule has 0 bridgehead atoms. The first-order valence-electron chi connectivity index (χ1n) is 5.52. The quantitative estimate of drug-likeness (QED) is 0.664. The second-order valence-electron chi connectivity index (χ2n) is 4.32. The predicted molar refractivity (Wildman–Crippen MR) is 66.3 cm³/mol. The number of hydrogen-bond donors (Lipinski definition) is 0. The highest BCUT2D eigenvalue weighted by Crippen LogP contribution is 2.38. The van der Waals surface area contributed by atoms with E-state index in [9.17, 15) is 0 Å². The van der Waals surface area contributed by atoms with Gasteiger partial charge >= 0.3 is 0 Å². The van der Waals surface area contributed by atoms with Crippen LogP contribution in [0.15, 0.2) is 36.7 Å². The van der Waals surface area contributed by atoms with Crippen molar-refractivity contribution < 1.29 is 0 Å². The normalized spacial score (nSPS) is 13.2. The van der Waals surface area contributed by atoms with Gasteiger partial charge in [-0.25, -0.2) is 0 Å². The van der Waals surface area contributed by atoms with Crippen molar-refractivity contribution in [3.63, 3.8) is 0 Å². The Labute approximate surface area is 95.6 Å². The molecule has 2 heteroatoms. The van der Waals surface area contributed by atoms with Crippen molar-refractivity contribution in [1.29, 1.82) is 0 Å². The van der Waals surface area contributed by atoms with E-state index in [0.29, 0.717) is 0 Å². The van der Waals surface area contributed by atoms with Crippen LogP contribution in [0.5, 0.6) is 0 Å². The fourth-order valence-corrected chi connectivity index (χ4v) is 2.55. The molecule has 0 N–H and O–H groups in total. The number of anilines is 2. The summed E-state index contributed by atoms with van der Waals surface area (Å²) in [6, 6.07) is 8.59. The van der Waals surface area contributed by atoms with E-state index in [4.69, 9.17) is 0 Å². The fraction of sp³-hybridized carbons (Fsp3) is 0.214. The van der Waals surface area contributed by atoms with E-state index in [-0.39, 0.29) is 0 Å². The standard InChI is InChI=1S/C14H14N2/c1-10-4-3-5-11-8-12-9-15-7-6-13(12)16(2)14(10)11/h3-7,9H,8H2,1-2H3. The number of aryl methyl sites for hydroxylation is 1. The average molecular weight is 210 g/mol. The summed E-state index contributed by atoms with van der Waals surface area (Å²) in [5.41, 5.74) is 6.66. The molecule has 0 radical (unpaired) electrons. The molecule has 0 saturated carbocycles. The van der Waals surface area contributed by atoms with Crippen LogP contribution in [0.25, 0.3) is 0 Å². The van der Waals surface area contributed by atoms with Crippen LogP contribution in [0.2, 0.25) is 0 Å². The number of hydrogen-bond acceptors (Lipinski definition) is 2. The van der Waals surface area contributed by atoms with Crippen LogP contribution in [0.1, 0.15) is 16.7 Å². The highest BCUT2D eigenvalue weighted by atomic mass is 15.1. The van der Waals surface area contributed by atoms with Gasteiger partial charge in [-0.3, -0.25) is 4.98 Å². The van der Waals surface area contributed by atoms with Gasteiger partial charge in [0.2, 0.25) is 0 Å². The molecule has 1 aliphatic rings. The van der Waals surface area contributed by atoms with E-state index >= 15 is 0 Å². The number of aromatic nitrogens is 1. The lowest BCUT2D eigenvalue weighted by Crippen LogP contribution is -2.19. The largest absolute Gasteiger partial charge is 0.344 e. The van der Waals surface area contributed by atoms with Gasteiger partial charge in [0.05, 0.1) is 0 Å². The Morgan fingerprint density at radius 1 is 1.19 bits per heavy atom. The second kappa shape index (κ2) is 3.34. The van der Waals surface area contributed by atoms with Gasteiger partial charge in [0.1, 0.15) is 0 Å². The van der Waals surface area contributed by atoms with Gasteiger partial charge < -0.3 is 4.90 Å². The molecule has 0 aliphatic carbocycles. The molecule has 0 atom stereocenters. The molecular weight excluding hydrogens is 196 g/mol. The Balaban J connectivity index is 2.23. The smallest absolute Gasteiger partial charge is 0.0475 e. The molecule has 2 heterocycles. The maximum Gasteiger partial charge on any atom is 0.0475 e. The molecule has 16 heavy (non-hydrogen) atoms. The summed E-state index contributed by atoms with van der Waals surface area (Å²) in [6.45, 7) is 2.17.